The Balaban J connectivity index is -0.000000464. The maximum Gasteiger partial charge on any atom is -0.00428 e. The minimum atomic E-state index is 0. The monoisotopic (exact) mass is 247 g/mol. The van der Waals surface area contributed by atoms with Crippen LogP contribution in [0.1, 0.15) is 59.8 Å². The van der Waals surface area contributed by atoms with Crippen molar-refractivity contribution in [2.24, 2.45) is 17.6 Å². The van der Waals surface area contributed by atoms with Gasteiger partial charge in [0.2, 0.25) is 0 Å². The highest BCUT2D eigenvalue weighted by molar-refractivity contribution is 5.10. The number of rotatable bonds is 5. The summed E-state index contributed by atoms with van der Waals surface area (Å²) in [7, 11) is 0. The highest BCUT2D eigenvalue weighted by Crippen LogP contribution is 2.29. The first-order chi connectivity index (χ1) is 7.26. The fourth-order valence-electron chi connectivity index (χ4n) is 2.26. The van der Waals surface area contributed by atoms with E-state index in [1.807, 2.05) is 13.8 Å². The zero-order valence-electron chi connectivity index (χ0n) is 12.1. The van der Waals surface area contributed by atoms with E-state index in [1.165, 1.54) is 32.1 Å². The standard InChI is InChI=1S/C12H23N.C2H6.2H2O/c1-3-4-10(2)7-11-5-6-12(8-11)9-13;1-2;;/h5,10,12H,3-4,6-9,13H2,1-2H3;1-2H3;2*1H2/t10?,12-;;;/m0.../s1. The van der Waals surface area contributed by atoms with Crippen molar-refractivity contribution in [2.45, 2.75) is 59.8 Å². The molecule has 0 amide bonds. The smallest absolute Gasteiger partial charge is 0.00428 e. The van der Waals surface area contributed by atoms with Crippen molar-refractivity contribution in [3.05, 3.63) is 11.6 Å². The van der Waals surface area contributed by atoms with Gasteiger partial charge in [-0.1, -0.05) is 52.2 Å². The molecule has 0 bridgehead atoms. The molecule has 1 aliphatic rings. The second-order valence-corrected chi connectivity index (χ2v) is 4.50. The van der Waals surface area contributed by atoms with Crippen LogP contribution in [-0.2, 0) is 0 Å². The molecule has 2 atom stereocenters. The predicted octanol–water partition coefficient (Wildman–Crippen LogP) is 2.48. The number of hydrogen-bond acceptors (Lipinski definition) is 1. The molecule has 6 N–H and O–H groups in total. The van der Waals surface area contributed by atoms with Gasteiger partial charge in [0, 0.05) is 0 Å². The summed E-state index contributed by atoms with van der Waals surface area (Å²) in [6.07, 6.45) is 8.91. The molecule has 0 aromatic rings. The lowest BCUT2D eigenvalue weighted by molar-refractivity contribution is 0.499. The average Bonchev–Trinajstić information content (AvgIpc) is 2.69. The van der Waals surface area contributed by atoms with Crippen molar-refractivity contribution in [1.82, 2.24) is 0 Å². The molecule has 0 aromatic carbocycles. The summed E-state index contributed by atoms with van der Waals surface area (Å²) in [5.41, 5.74) is 7.32. The molecular formula is C14H33NO2. The molecule has 3 heteroatoms. The van der Waals surface area contributed by atoms with Crippen LogP contribution in [0, 0.1) is 11.8 Å². The summed E-state index contributed by atoms with van der Waals surface area (Å²) < 4.78 is 0. The first-order valence-corrected chi connectivity index (χ1v) is 6.64. The van der Waals surface area contributed by atoms with Gasteiger partial charge in [0.15, 0.2) is 0 Å². The van der Waals surface area contributed by atoms with Crippen LogP contribution >= 0.6 is 0 Å². The molecule has 1 aliphatic carbocycles. The Morgan fingerprint density at radius 1 is 1.35 bits per heavy atom. The van der Waals surface area contributed by atoms with Crippen molar-refractivity contribution in [1.29, 1.82) is 0 Å². The highest BCUT2D eigenvalue weighted by Gasteiger charge is 2.16. The summed E-state index contributed by atoms with van der Waals surface area (Å²) >= 11 is 0. The molecule has 0 radical (unpaired) electrons. The van der Waals surface area contributed by atoms with E-state index in [0.29, 0.717) is 0 Å². The van der Waals surface area contributed by atoms with Crippen molar-refractivity contribution >= 4 is 0 Å². The molecule has 3 nitrogen and oxygen atoms in total. The molecular weight excluding hydrogens is 214 g/mol. The maximum absolute atomic E-state index is 5.65. The van der Waals surface area contributed by atoms with Crippen molar-refractivity contribution in [2.75, 3.05) is 6.54 Å². The number of hydrogen-bond donors (Lipinski definition) is 1. The van der Waals surface area contributed by atoms with E-state index >= 15 is 0 Å². The van der Waals surface area contributed by atoms with Crippen LogP contribution in [0.3, 0.4) is 0 Å². The lowest BCUT2D eigenvalue weighted by atomic mass is 9.95. The minimum absolute atomic E-state index is 0. The summed E-state index contributed by atoms with van der Waals surface area (Å²) in [4.78, 5) is 0. The van der Waals surface area contributed by atoms with Crippen LogP contribution in [-0.4, -0.2) is 17.5 Å². The van der Waals surface area contributed by atoms with Crippen LogP contribution in [0.4, 0.5) is 0 Å². The van der Waals surface area contributed by atoms with Gasteiger partial charge in [-0.05, 0) is 37.6 Å². The van der Waals surface area contributed by atoms with E-state index in [1.54, 1.807) is 5.57 Å². The summed E-state index contributed by atoms with van der Waals surface area (Å²) in [5, 5.41) is 0. The molecule has 1 rings (SSSR count). The molecule has 0 fully saturated rings. The summed E-state index contributed by atoms with van der Waals surface area (Å²) in [5.74, 6) is 1.62. The van der Waals surface area contributed by atoms with Gasteiger partial charge in [-0.2, -0.15) is 0 Å². The van der Waals surface area contributed by atoms with Gasteiger partial charge >= 0.3 is 0 Å². The molecule has 0 heterocycles. The first kappa shape index (κ1) is 21.9. The van der Waals surface area contributed by atoms with Gasteiger partial charge in [-0.15, -0.1) is 0 Å². The SMILES string of the molecule is CC.CCCC(C)CC1=CC[C@H](CN)C1.O.O. The van der Waals surface area contributed by atoms with Crippen LogP contribution in [0.15, 0.2) is 11.6 Å². The fraction of sp³-hybridized carbons (Fsp3) is 0.857. The third kappa shape index (κ3) is 9.33. The quantitative estimate of drug-likeness (QED) is 0.743. The van der Waals surface area contributed by atoms with E-state index in [0.717, 1.165) is 18.4 Å². The summed E-state index contributed by atoms with van der Waals surface area (Å²) in [6.45, 7) is 9.49. The van der Waals surface area contributed by atoms with E-state index in [2.05, 4.69) is 19.9 Å². The molecule has 0 saturated heterocycles. The van der Waals surface area contributed by atoms with Gasteiger partial charge in [-0.25, -0.2) is 0 Å². The Labute approximate surface area is 107 Å². The van der Waals surface area contributed by atoms with E-state index in [4.69, 9.17) is 5.73 Å². The maximum atomic E-state index is 5.65. The molecule has 0 saturated carbocycles. The Morgan fingerprint density at radius 2 is 1.94 bits per heavy atom. The fourth-order valence-corrected chi connectivity index (χ4v) is 2.26. The second kappa shape index (κ2) is 13.7. The number of allylic oxidation sites excluding steroid dienone is 2. The van der Waals surface area contributed by atoms with Gasteiger partial charge in [0.05, 0.1) is 0 Å². The van der Waals surface area contributed by atoms with E-state index in [9.17, 15) is 0 Å². The average molecular weight is 247 g/mol. The summed E-state index contributed by atoms with van der Waals surface area (Å²) in [6, 6.07) is 0. The molecule has 0 spiro atoms. The Bertz CT molecular complexity index is 181. The lowest BCUT2D eigenvalue weighted by Gasteiger charge is -2.11. The zero-order valence-corrected chi connectivity index (χ0v) is 12.1. The van der Waals surface area contributed by atoms with Gasteiger partial charge < -0.3 is 16.7 Å². The predicted molar refractivity (Wildman–Crippen MR) is 77.1 cm³/mol. The van der Waals surface area contributed by atoms with Crippen LogP contribution in [0.5, 0.6) is 0 Å². The van der Waals surface area contributed by atoms with Gasteiger partial charge in [-0.3, -0.25) is 0 Å². The highest BCUT2D eigenvalue weighted by atomic mass is 16.0. The van der Waals surface area contributed by atoms with E-state index < -0.39 is 0 Å². The first-order valence-electron chi connectivity index (χ1n) is 6.64. The zero-order chi connectivity index (χ0) is 11.7. The van der Waals surface area contributed by atoms with Gasteiger partial charge in [0.1, 0.15) is 0 Å². The Kier molecular flexibility index (Phi) is 17.6. The van der Waals surface area contributed by atoms with Crippen molar-refractivity contribution in [3.63, 3.8) is 0 Å². The van der Waals surface area contributed by atoms with Crippen LogP contribution < -0.4 is 5.73 Å². The minimum Gasteiger partial charge on any atom is -0.412 e. The molecule has 0 aliphatic heterocycles. The largest absolute Gasteiger partial charge is 0.412 e. The van der Waals surface area contributed by atoms with Crippen molar-refractivity contribution in [3.8, 4) is 0 Å². The third-order valence-electron chi connectivity index (χ3n) is 3.02. The van der Waals surface area contributed by atoms with Gasteiger partial charge in [0.25, 0.3) is 0 Å². The van der Waals surface area contributed by atoms with Crippen LogP contribution in [0.2, 0.25) is 0 Å². The molecule has 1 unspecified atom stereocenters. The lowest BCUT2D eigenvalue weighted by Crippen LogP contribution is -2.11. The van der Waals surface area contributed by atoms with Crippen molar-refractivity contribution < 1.29 is 11.0 Å². The molecule has 17 heavy (non-hydrogen) atoms. The molecule has 106 valence electrons. The molecule has 0 aromatic heterocycles. The number of nitrogens with two attached hydrogens (primary N) is 1. The Hall–Kier alpha value is -0.380. The topological polar surface area (TPSA) is 89.0 Å². The second-order valence-electron chi connectivity index (χ2n) is 4.50. The van der Waals surface area contributed by atoms with E-state index in [-0.39, 0.29) is 11.0 Å². The third-order valence-corrected chi connectivity index (χ3v) is 3.02. The van der Waals surface area contributed by atoms with Crippen LogP contribution in [0.25, 0.3) is 0 Å². The normalized spacial score (nSPS) is 19.1. The Morgan fingerprint density at radius 3 is 2.35 bits per heavy atom.